The molecular formula is C17H23N5O. The van der Waals surface area contributed by atoms with E-state index < -0.39 is 0 Å². The van der Waals surface area contributed by atoms with Crippen LogP contribution in [0.25, 0.3) is 0 Å². The summed E-state index contributed by atoms with van der Waals surface area (Å²) in [4.78, 5) is 15.5. The van der Waals surface area contributed by atoms with Gasteiger partial charge in [-0.05, 0) is 31.9 Å². The van der Waals surface area contributed by atoms with Crippen molar-refractivity contribution in [3.05, 3.63) is 42.0 Å². The lowest BCUT2D eigenvalue weighted by Crippen LogP contribution is -2.44. The van der Waals surface area contributed by atoms with Gasteiger partial charge in [0, 0.05) is 50.0 Å². The van der Waals surface area contributed by atoms with Gasteiger partial charge in [-0.2, -0.15) is 0 Å². The fourth-order valence-corrected chi connectivity index (χ4v) is 2.67. The van der Waals surface area contributed by atoms with Gasteiger partial charge in [-0.3, -0.25) is 4.98 Å². The smallest absolute Gasteiger partial charge is 0.257 e. The Morgan fingerprint density at radius 3 is 2.83 bits per heavy atom. The van der Waals surface area contributed by atoms with Gasteiger partial charge in [0.15, 0.2) is 5.82 Å². The molecular weight excluding hydrogens is 290 g/mol. The van der Waals surface area contributed by atoms with E-state index in [0.29, 0.717) is 12.5 Å². The van der Waals surface area contributed by atoms with E-state index in [1.165, 1.54) is 0 Å². The standard InChI is InChI=1S/C17H23N5O/c1-14-4-2-5-15(21-14)6-3-13-23-17-16(19-7-8-20-17)22-11-9-18-10-12-22/h2,4-5,7-8,18H,3,6,9-13H2,1H3. The summed E-state index contributed by atoms with van der Waals surface area (Å²) in [5.74, 6) is 1.48. The van der Waals surface area contributed by atoms with Gasteiger partial charge in [-0.15, -0.1) is 0 Å². The zero-order valence-corrected chi connectivity index (χ0v) is 13.5. The van der Waals surface area contributed by atoms with Gasteiger partial charge in [-0.1, -0.05) is 6.07 Å². The van der Waals surface area contributed by atoms with Gasteiger partial charge in [-0.25, -0.2) is 9.97 Å². The summed E-state index contributed by atoms with van der Waals surface area (Å²) in [5, 5.41) is 3.34. The highest BCUT2D eigenvalue weighted by Crippen LogP contribution is 2.22. The molecule has 0 amide bonds. The summed E-state index contributed by atoms with van der Waals surface area (Å²) in [6.07, 6.45) is 5.23. The van der Waals surface area contributed by atoms with Crippen LogP contribution in [0.5, 0.6) is 5.88 Å². The fourth-order valence-electron chi connectivity index (χ4n) is 2.67. The average Bonchev–Trinajstić information content (AvgIpc) is 2.60. The number of rotatable bonds is 6. The van der Waals surface area contributed by atoms with Crippen LogP contribution in [0.2, 0.25) is 0 Å². The summed E-state index contributed by atoms with van der Waals surface area (Å²) in [6.45, 7) is 6.43. The maximum atomic E-state index is 5.88. The van der Waals surface area contributed by atoms with Crippen LogP contribution < -0.4 is 15.0 Å². The molecule has 6 nitrogen and oxygen atoms in total. The van der Waals surface area contributed by atoms with Crippen LogP contribution in [-0.2, 0) is 6.42 Å². The number of hydrogen-bond donors (Lipinski definition) is 1. The summed E-state index contributed by atoms with van der Waals surface area (Å²) < 4.78 is 5.88. The number of ether oxygens (including phenoxy) is 1. The molecule has 122 valence electrons. The quantitative estimate of drug-likeness (QED) is 0.817. The SMILES string of the molecule is Cc1cccc(CCCOc2nccnc2N2CCNCC2)n1. The largest absolute Gasteiger partial charge is 0.475 e. The van der Waals surface area contributed by atoms with Crippen LogP contribution in [0.4, 0.5) is 5.82 Å². The van der Waals surface area contributed by atoms with E-state index in [0.717, 1.165) is 56.2 Å². The first-order valence-electron chi connectivity index (χ1n) is 8.15. The summed E-state index contributed by atoms with van der Waals surface area (Å²) in [5.41, 5.74) is 2.16. The molecule has 0 radical (unpaired) electrons. The van der Waals surface area contributed by atoms with Crippen LogP contribution in [0, 0.1) is 6.92 Å². The Morgan fingerprint density at radius 1 is 1.17 bits per heavy atom. The van der Waals surface area contributed by atoms with Crippen LogP contribution >= 0.6 is 0 Å². The third-order valence-electron chi connectivity index (χ3n) is 3.83. The Hall–Kier alpha value is -2.21. The number of hydrogen-bond acceptors (Lipinski definition) is 6. The minimum Gasteiger partial charge on any atom is -0.475 e. The molecule has 1 saturated heterocycles. The lowest BCUT2D eigenvalue weighted by Gasteiger charge is -2.28. The third kappa shape index (κ3) is 4.39. The van der Waals surface area contributed by atoms with Gasteiger partial charge in [0.25, 0.3) is 5.88 Å². The normalized spacial score (nSPS) is 14.7. The predicted octanol–water partition coefficient (Wildman–Crippen LogP) is 1.60. The molecule has 0 atom stereocenters. The highest BCUT2D eigenvalue weighted by molar-refractivity contribution is 5.48. The molecule has 1 N–H and O–H groups in total. The average molecular weight is 313 g/mol. The first-order valence-corrected chi connectivity index (χ1v) is 8.15. The van der Waals surface area contributed by atoms with Gasteiger partial charge < -0.3 is 15.0 Å². The van der Waals surface area contributed by atoms with E-state index >= 15 is 0 Å². The number of nitrogens with zero attached hydrogens (tertiary/aromatic N) is 4. The topological polar surface area (TPSA) is 63.2 Å². The van der Waals surface area contributed by atoms with Crippen molar-refractivity contribution in [3.63, 3.8) is 0 Å². The maximum absolute atomic E-state index is 5.88. The first-order chi connectivity index (χ1) is 11.3. The first kappa shape index (κ1) is 15.7. The predicted molar refractivity (Wildman–Crippen MR) is 89.9 cm³/mol. The van der Waals surface area contributed by atoms with Crippen molar-refractivity contribution in [2.75, 3.05) is 37.7 Å². The molecule has 6 heteroatoms. The second kappa shape index (κ2) is 7.87. The van der Waals surface area contributed by atoms with E-state index in [-0.39, 0.29) is 0 Å². The minimum absolute atomic E-state index is 0.618. The second-order valence-electron chi connectivity index (χ2n) is 5.64. The Labute approximate surface area is 136 Å². The van der Waals surface area contributed by atoms with Crippen molar-refractivity contribution in [1.82, 2.24) is 20.3 Å². The van der Waals surface area contributed by atoms with E-state index in [1.54, 1.807) is 12.4 Å². The molecule has 2 aromatic rings. The Kier molecular flexibility index (Phi) is 5.37. The van der Waals surface area contributed by atoms with Crippen molar-refractivity contribution in [2.24, 2.45) is 0 Å². The van der Waals surface area contributed by atoms with Crippen molar-refractivity contribution < 1.29 is 4.74 Å². The number of aryl methyl sites for hydroxylation is 2. The molecule has 0 aromatic carbocycles. The number of anilines is 1. The Balaban J connectivity index is 1.54. The summed E-state index contributed by atoms with van der Waals surface area (Å²) >= 11 is 0. The lowest BCUT2D eigenvalue weighted by molar-refractivity contribution is 0.297. The summed E-state index contributed by atoms with van der Waals surface area (Å²) in [6, 6.07) is 6.12. The highest BCUT2D eigenvalue weighted by atomic mass is 16.5. The molecule has 0 unspecified atom stereocenters. The van der Waals surface area contributed by atoms with Crippen LogP contribution in [0.1, 0.15) is 17.8 Å². The fraction of sp³-hybridized carbons (Fsp3) is 0.471. The summed E-state index contributed by atoms with van der Waals surface area (Å²) in [7, 11) is 0. The number of nitrogens with one attached hydrogen (secondary N) is 1. The van der Waals surface area contributed by atoms with E-state index in [4.69, 9.17) is 4.74 Å². The van der Waals surface area contributed by atoms with E-state index in [2.05, 4.69) is 31.2 Å². The van der Waals surface area contributed by atoms with Gasteiger partial charge in [0.2, 0.25) is 0 Å². The number of pyridine rings is 1. The maximum Gasteiger partial charge on any atom is 0.257 e. The Morgan fingerprint density at radius 2 is 2.00 bits per heavy atom. The van der Waals surface area contributed by atoms with Crippen LogP contribution in [-0.4, -0.2) is 47.7 Å². The highest BCUT2D eigenvalue weighted by Gasteiger charge is 2.17. The van der Waals surface area contributed by atoms with E-state index in [1.807, 2.05) is 19.1 Å². The molecule has 1 aliphatic heterocycles. The molecule has 1 fully saturated rings. The van der Waals surface area contributed by atoms with Crippen LogP contribution in [0.3, 0.4) is 0 Å². The molecule has 3 rings (SSSR count). The third-order valence-corrected chi connectivity index (χ3v) is 3.83. The minimum atomic E-state index is 0.618. The van der Waals surface area contributed by atoms with Crippen LogP contribution in [0.15, 0.2) is 30.6 Å². The molecule has 1 aliphatic rings. The van der Waals surface area contributed by atoms with Crippen molar-refractivity contribution >= 4 is 5.82 Å². The molecule has 0 aliphatic carbocycles. The number of piperazine rings is 1. The molecule has 2 aromatic heterocycles. The van der Waals surface area contributed by atoms with Crippen molar-refractivity contribution in [2.45, 2.75) is 19.8 Å². The lowest BCUT2D eigenvalue weighted by atomic mass is 10.2. The van der Waals surface area contributed by atoms with E-state index in [9.17, 15) is 0 Å². The van der Waals surface area contributed by atoms with Crippen molar-refractivity contribution in [3.8, 4) is 5.88 Å². The van der Waals surface area contributed by atoms with Gasteiger partial charge in [0.05, 0.1) is 6.61 Å². The van der Waals surface area contributed by atoms with Crippen molar-refractivity contribution in [1.29, 1.82) is 0 Å². The Bertz CT molecular complexity index is 628. The molecule has 0 spiro atoms. The van der Waals surface area contributed by atoms with Gasteiger partial charge in [0.1, 0.15) is 0 Å². The molecule has 23 heavy (non-hydrogen) atoms. The molecule has 0 bridgehead atoms. The zero-order chi connectivity index (χ0) is 15.9. The zero-order valence-electron chi connectivity index (χ0n) is 13.5. The number of aromatic nitrogens is 3. The monoisotopic (exact) mass is 313 g/mol. The second-order valence-corrected chi connectivity index (χ2v) is 5.64. The van der Waals surface area contributed by atoms with Gasteiger partial charge >= 0.3 is 0 Å². The molecule has 0 saturated carbocycles. The molecule has 3 heterocycles.